The van der Waals surface area contributed by atoms with E-state index in [9.17, 15) is 70.2 Å². The van der Waals surface area contributed by atoms with Gasteiger partial charge in [-0.05, 0) is 6.92 Å². The zero-order valence-corrected chi connectivity index (χ0v) is 12.2. The molecule has 0 saturated carbocycles. The number of halogens is 16. The molecule has 0 heterocycles. The second-order valence-corrected chi connectivity index (χ2v) is 4.94. The smallest absolute Gasteiger partial charge is 0.331 e. The second-order valence-electron chi connectivity index (χ2n) is 4.94. The van der Waals surface area contributed by atoms with Gasteiger partial charge in [-0.15, -0.1) is 0 Å². The monoisotopic (exact) mass is 446 g/mol. The predicted octanol–water partition coefficient (Wildman–Crippen LogP) is 5.69. The van der Waals surface area contributed by atoms with Gasteiger partial charge in [0.15, 0.2) is 0 Å². The molecule has 0 saturated heterocycles. The minimum absolute atomic E-state index is 0.614. The molecule has 0 bridgehead atoms. The summed E-state index contributed by atoms with van der Waals surface area (Å²) in [5.41, 5.74) is -7.87. The van der Waals surface area contributed by atoms with Crippen molar-refractivity contribution in [1.82, 2.24) is 0 Å². The number of alkyl halides is 16. The molecule has 0 radical (unpaired) electrons. The van der Waals surface area contributed by atoms with E-state index in [0.717, 1.165) is 0 Å². The van der Waals surface area contributed by atoms with Crippen molar-refractivity contribution in [3.63, 3.8) is 0 Å². The van der Waals surface area contributed by atoms with Crippen LogP contribution in [0.2, 0.25) is 0 Å². The van der Waals surface area contributed by atoms with Crippen molar-refractivity contribution >= 4 is 0 Å². The van der Waals surface area contributed by atoms with E-state index in [1.54, 1.807) is 0 Å². The Hall–Kier alpha value is -1.16. The van der Waals surface area contributed by atoms with Crippen LogP contribution < -0.4 is 0 Å². The molecule has 17 heteroatoms. The molecule has 0 spiro atoms. The summed E-state index contributed by atoms with van der Waals surface area (Å²) in [7, 11) is 0. The van der Waals surface area contributed by atoms with Gasteiger partial charge >= 0.3 is 42.4 Å². The van der Waals surface area contributed by atoms with Gasteiger partial charge in [0, 0.05) is 0 Å². The van der Waals surface area contributed by atoms with Gasteiger partial charge in [0.2, 0.25) is 0 Å². The molecule has 0 aromatic heterocycles. The first-order chi connectivity index (χ1) is 11.5. The van der Waals surface area contributed by atoms with E-state index in [4.69, 9.17) is 0 Å². The van der Waals surface area contributed by atoms with E-state index < -0.39 is 61.6 Å². The average Bonchev–Trinajstić information content (AvgIpc) is 2.41. The van der Waals surface area contributed by atoms with Gasteiger partial charge in [0.25, 0.3) is 6.17 Å². The fourth-order valence-corrected chi connectivity index (χ4v) is 1.59. The molecule has 0 aromatic rings. The van der Waals surface area contributed by atoms with Crippen LogP contribution in [0.3, 0.4) is 0 Å². The third-order valence-electron chi connectivity index (χ3n) is 3.05. The van der Waals surface area contributed by atoms with Crippen LogP contribution in [-0.4, -0.2) is 54.7 Å². The molecule has 3 unspecified atom stereocenters. The number of hydrogen-bond donors (Lipinski definition) is 0. The Morgan fingerprint density at radius 3 is 1.19 bits per heavy atom. The molecular weight excluding hydrogens is 440 g/mol. The maximum atomic E-state index is 14.1. The molecule has 0 N–H and O–H groups in total. The van der Waals surface area contributed by atoms with E-state index in [-0.39, 0.29) is 0 Å². The van der Waals surface area contributed by atoms with Crippen LogP contribution in [0.4, 0.5) is 70.2 Å². The second kappa shape index (κ2) is 7.02. The van der Waals surface area contributed by atoms with Gasteiger partial charge < -0.3 is 4.74 Å². The molecule has 27 heavy (non-hydrogen) atoms. The van der Waals surface area contributed by atoms with E-state index in [1.165, 1.54) is 0 Å². The Labute approximate surface area is 138 Å². The molecule has 0 aromatic carbocycles. The van der Waals surface area contributed by atoms with Gasteiger partial charge in [0.1, 0.15) is 6.10 Å². The Balaban J connectivity index is 6.73. The van der Waals surface area contributed by atoms with E-state index in [0.29, 0.717) is 0 Å². The minimum Gasteiger partial charge on any atom is -0.331 e. The van der Waals surface area contributed by atoms with Crippen molar-refractivity contribution in [2.45, 2.75) is 61.6 Å². The van der Waals surface area contributed by atoms with Crippen LogP contribution in [0.5, 0.6) is 0 Å². The largest absolute Gasteiger partial charge is 0.437 e. The molecule has 0 fully saturated rings. The van der Waals surface area contributed by atoms with Gasteiger partial charge in [-0.2, -0.15) is 48.3 Å². The van der Waals surface area contributed by atoms with Gasteiger partial charge in [-0.25, -0.2) is 22.0 Å². The van der Waals surface area contributed by atoms with Crippen LogP contribution >= 0.6 is 0 Å². The topological polar surface area (TPSA) is 9.23 Å². The Morgan fingerprint density at radius 2 is 0.963 bits per heavy atom. The third kappa shape index (κ3) is 4.31. The first kappa shape index (κ1) is 25.8. The summed E-state index contributed by atoms with van der Waals surface area (Å²) < 4.78 is 205. The molecule has 0 aliphatic rings. The predicted molar refractivity (Wildman–Crippen MR) is 52.2 cm³/mol. The highest BCUT2D eigenvalue weighted by Gasteiger charge is 2.88. The van der Waals surface area contributed by atoms with Crippen molar-refractivity contribution in [2.75, 3.05) is 0 Å². The fraction of sp³-hybridized carbons (Fsp3) is 1.00. The fourth-order valence-electron chi connectivity index (χ4n) is 1.59. The molecule has 1 nitrogen and oxygen atoms in total. The highest BCUT2D eigenvalue weighted by atomic mass is 19.4. The Morgan fingerprint density at radius 1 is 0.630 bits per heavy atom. The van der Waals surface area contributed by atoms with Crippen molar-refractivity contribution in [3.05, 3.63) is 0 Å². The third-order valence-corrected chi connectivity index (χ3v) is 3.05. The standard InChI is InChI=1S/C10H6F16O/c1-2(5(14,15)4(12)13)27-6(16,3(11)7(17,18)19)8(20,9(21,22)23)10(24,25)26/h2-4H,1H3. The van der Waals surface area contributed by atoms with Gasteiger partial charge in [-0.3, -0.25) is 0 Å². The molecular formula is C10H6F16O. The maximum absolute atomic E-state index is 14.1. The zero-order valence-electron chi connectivity index (χ0n) is 12.2. The number of rotatable bonds is 6. The van der Waals surface area contributed by atoms with Crippen molar-refractivity contribution in [2.24, 2.45) is 0 Å². The summed E-state index contributed by atoms with van der Waals surface area (Å²) in [5.74, 6) is -13.2. The average molecular weight is 446 g/mol. The van der Waals surface area contributed by atoms with E-state index in [2.05, 4.69) is 4.74 Å². The van der Waals surface area contributed by atoms with Crippen LogP contribution in [-0.2, 0) is 4.74 Å². The summed E-state index contributed by atoms with van der Waals surface area (Å²) in [6.45, 7) is -0.614. The zero-order chi connectivity index (χ0) is 22.4. The highest BCUT2D eigenvalue weighted by Crippen LogP contribution is 2.58. The number of ether oxygens (including phenoxy) is 1. The van der Waals surface area contributed by atoms with Gasteiger partial charge in [-0.1, -0.05) is 0 Å². The lowest BCUT2D eigenvalue weighted by Gasteiger charge is -2.44. The quantitative estimate of drug-likeness (QED) is 0.477. The summed E-state index contributed by atoms with van der Waals surface area (Å²) in [5, 5.41) is 0. The Bertz CT molecular complexity index is 489. The Kier molecular flexibility index (Phi) is 6.72. The minimum atomic E-state index is -7.87. The molecule has 0 aliphatic heterocycles. The van der Waals surface area contributed by atoms with Crippen molar-refractivity contribution < 1.29 is 75.0 Å². The summed E-state index contributed by atoms with van der Waals surface area (Å²) in [4.78, 5) is 0. The summed E-state index contributed by atoms with van der Waals surface area (Å²) in [6, 6.07) is 0. The van der Waals surface area contributed by atoms with Crippen LogP contribution in [0, 0.1) is 0 Å². The van der Waals surface area contributed by atoms with Crippen molar-refractivity contribution in [1.29, 1.82) is 0 Å². The van der Waals surface area contributed by atoms with Crippen LogP contribution in [0.1, 0.15) is 6.92 Å². The lowest BCUT2D eigenvalue weighted by molar-refractivity contribution is -0.452. The maximum Gasteiger partial charge on any atom is 0.437 e. The van der Waals surface area contributed by atoms with Crippen LogP contribution in [0.25, 0.3) is 0 Å². The highest BCUT2D eigenvalue weighted by molar-refractivity contribution is 5.11. The lowest BCUT2D eigenvalue weighted by Crippen LogP contribution is -2.73. The SMILES string of the molecule is CC(OC(F)(C(F)C(F)(F)F)C(F)(C(F)(F)F)C(F)(F)F)C(F)(F)C(F)F. The molecule has 164 valence electrons. The first-order valence-electron chi connectivity index (χ1n) is 6.03. The summed E-state index contributed by atoms with van der Waals surface area (Å²) >= 11 is 0. The normalized spacial score (nSPS) is 19.8. The van der Waals surface area contributed by atoms with Crippen LogP contribution in [0.15, 0.2) is 0 Å². The first-order valence-corrected chi connectivity index (χ1v) is 6.03. The van der Waals surface area contributed by atoms with Gasteiger partial charge in [0.05, 0.1) is 0 Å². The summed E-state index contributed by atoms with van der Waals surface area (Å²) in [6.07, 6.45) is -38.0. The molecule has 3 atom stereocenters. The number of hydrogen-bond acceptors (Lipinski definition) is 1. The molecule has 0 amide bonds. The molecule has 0 aliphatic carbocycles. The van der Waals surface area contributed by atoms with E-state index >= 15 is 0 Å². The van der Waals surface area contributed by atoms with Crippen molar-refractivity contribution in [3.8, 4) is 0 Å². The lowest BCUT2D eigenvalue weighted by atomic mass is 9.89. The van der Waals surface area contributed by atoms with E-state index in [1.807, 2.05) is 0 Å². The molecule has 0 rings (SSSR count).